The van der Waals surface area contributed by atoms with Crippen LogP contribution in [-0.4, -0.2) is 47.0 Å². The van der Waals surface area contributed by atoms with Gasteiger partial charge in [0.15, 0.2) is 0 Å². The summed E-state index contributed by atoms with van der Waals surface area (Å²) in [7, 11) is 3.40. The molecule has 1 aliphatic heterocycles. The first-order valence-electron chi connectivity index (χ1n) is 9.92. The van der Waals surface area contributed by atoms with E-state index in [9.17, 15) is 0 Å². The van der Waals surface area contributed by atoms with Crippen molar-refractivity contribution in [3.05, 3.63) is 65.3 Å². The molecule has 0 spiro atoms. The summed E-state index contributed by atoms with van der Waals surface area (Å²) in [4.78, 5) is 4.17. The molecule has 0 amide bonds. The molecule has 8 nitrogen and oxygen atoms in total. The minimum atomic E-state index is 0.300. The van der Waals surface area contributed by atoms with E-state index in [1.807, 2.05) is 12.1 Å². The van der Waals surface area contributed by atoms with Crippen LogP contribution in [0.2, 0.25) is 0 Å². The van der Waals surface area contributed by atoms with E-state index < -0.39 is 0 Å². The second-order valence-electron chi connectivity index (χ2n) is 7.13. The fraction of sp³-hybridized carbons (Fsp3) is 0.381. The average Bonchev–Trinajstić information content (AvgIpc) is 3.27. The molecule has 3 N–H and O–H groups in total. The van der Waals surface area contributed by atoms with Crippen molar-refractivity contribution < 1.29 is 4.74 Å². The van der Waals surface area contributed by atoms with E-state index in [1.54, 1.807) is 18.8 Å². The molecule has 152 valence electrons. The van der Waals surface area contributed by atoms with E-state index in [0.717, 1.165) is 36.4 Å². The molecule has 2 atom stereocenters. The van der Waals surface area contributed by atoms with Gasteiger partial charge in [-0.15, -0.1) is 0 Å². The number of rotatable bonds is 6. The van der Waals surface area contributed by atoms with Gasteiger partial charge in [-0.2, -0.15) is 4.68 Å². The Morgan fingerprint density at radius 2 is 2.10 bits per heavy atom. The Labute approximate surface area is 170 Å². The summed E-state index contributed by atoms with van der Waals surface area (Å²) in [6.45, 7) is 1.74. The van der Waals surface area contributed by atoms with Crippen LogP contribution in [0.15, 0.2) is 53.5 Å². The zero-order chi connectivity index (χ0) is 20.1. The van der Waals surface area contributed by atoms with E-state index in [1.165, 1.54) is 5.56 Å². The van der Waals surface area contributed by atoms with Crippen LogP contribution in [0.25, 0.3) is 5.69 Å². The molecule has 1 aromatic heterocycles. The van der Waals surface area contributed by atoms with Gasteiger partial charge >= 0.3 is 0 Å². The lowest BCUT2D eigenvalue weighted by Gasteiger charge is -2.34. The van der Waals surface area contributed by atoms with Gasteiger partial charge in [-0.3, -0.25) is 4.99 Å². The van der Waals surface area contributed by atoms with Crippen LogP contribution < -0.4 is 21.0 Å². The predicted molar refractivity (Wildman–Crippen MR) is 111 cm³/mol. The quantitative estimate of drug-likeness (QED) is 0.593. The fourth-order valence-corrected chi connectivity index (χ4v) is 3.92. The molecule has 0 aliphatic carbocycles. The maximum absolute atomic E-state index is 5.59. The van der Waals surface area contributed by atoms with Crippen molar-refractivity contribution in [3.8, 4) is 11.4 Å². The standard InChI is InChI=1S/C21H27N7O/c1-22-21-25-26-27-28(21)17-10-11-19(29-2)16(13-17)14-24-18-9-6-12-23-20(18)15-7-4-3-5-8-15/h3-5,7-8,10-11,13,18,20,23-24H,6,9,12,14H2,1-2H3,(H,22,25,27)/t18-,20-/m0/s1. The van der Waals surface area contributed by atoms with Crippen molar-refractivity contribution in [3.63, 3.8) is 0 Å². The van der Waals surface area contributed by atoms with Gasteiger partial charge in [-0.1, -0.05) is 30.3 Å². The number of methoxy groups -OCH3 is 1. The Hall–Kier alpha value is -2.97. The average molecular weight is 393 g/mol. The van der Waals surface area contributed by atoms with Crippen LogP contribution in [0.1, 0.15) is 30.0 Å². The normalized spacial score (nSPS) is 20.0. The van der Waals surface area contributed by atoms with Crippen molar-refractivity contribution >= 4 is 0 Å². The van der Waals surface area contributed by atoms with Gasteiger partial charge in [-0.05, 0) is 53.6 Å². The molecule has 0 unspecified atom stereocenters. The molecule has 1 saturated heterocycles. The van der Waals surface area contributed by atoms with Crippen molar-refractivity contribution in [2.75, 3.05) is 20.7 Å². The molecule has 29 heavy (non-hydrogen) atoms. The molecular formula is C21H27N7O. The molecule has 0 radical (unpaired) electrons. The SMILES string of the molecule is CN=c1[nH]nnn1-c1ccc(OC)c(CN[C@H]2CCCN[C@H]2c2ccccc2)c1. The Morgan fingerprint density at radius 3 is 2.90 bits per heavy atom. The van der Waals surface area contributed by atoms with Crippen LogP contribution in [0.4, 0.5) is 0 Å². The van der Waals surface area contributed by atoms with Gasteiger partial charge in [0.2, 0.25) is 5.62 Å². The highest BCUT2D eigenvalue weighted by Crippen LogP contribution is 2.26. The molecule has 2 heterocycles. The second-order valence-corrected chi connectivity index (χ2v) is 7.13. The number of piperidine rings is 1. The van der Waals surface area contributed by atoms with Gasteiger partial charge in [0.1, 0.15) is 5.75 Å². The van der Waals surface area contributed by atoms with Gasteiger partial charge in [0.25, 0.3) is 0 Å². The van der Waals surface area contributed by atoms with Gasteiger partial charge in [0.05, 0.1) is 12.8 Å². The van der Waals surface area contributed by atoms with E-state index in [4.69, 9.17) is 4.74 Å². The van der Waals surface area contributed by atoms with Crippen LogP contribution in [-0.2, 0) is 6.54 Å². The lowest BCUT2D eigenvalue weighted by Crippen LogP contribution is -2.45. The fourth-order valence-electron chi connectivity index (χ4n) is 3.92. The first-order chi connectivity index (χ1) is 14.3. The summed E-state index contributed by atoms with van der Waals surface area (Å²) < 4.78 is 7.27. The highest BCUT2D eigenvalue weighted by molar-refractivity contribution is 5.43. The lowest BCUT2D eigenvalue weighted by molar-refractivity contribution is 0.303. The summed E-state index contributed by atoms with van der Waals surface area (Å²) in [5.41, 5.74) is 3.87. The number of aromatic nitrogens is 4. The molecule has 0 bridgehead atoms. The van der Waals surface area contributed by atoms with Gasteiger partial charge in [-0.25, -0.2) is 5.10 Å². The number of H-pyrrole nitrogens is 1. The minimum Gasteiger partial charge on any atom is -0.496 e. The molecule has 8 heteroatoms. The van der Waals surface area contributed by atoms with Crippen LogP contribution in [0.3, 0.4) is 0 Å². The summed E-state index contributed by atoms with van der Waals surface area (Å²) >= 11 is 0. The highest BCUT2D eigenvalue weighted by Gasteiger charge is 2.25. The van der Waals surface area contributed by atoms with E-state index in [0.29, 0.717) is 24.2 Å². The van der Waals surface area contributed by atoms with Crippen molar-refractivity contribution in [2.45, 2.75) is 31.5 Å². The molecule has 0 saturated carbocycles. The second kappa shape index (κ2) is 9.02. The Morgan fingerprint density at radius 1 is 1.24 bits per heavy atom. The summed E-state index contributed by atoms with van der Waals surface area (Å²) in [5.74, 6) is 0.848. The minimum absolute atomic E-state index is 0.300. The number of hydrogen-bond acceptors (Lipinski definition) is 6. The first kappa shape index (κ1) is 19.4. The third kappa shape index (κ3) is 4.23. The third-order valence-corrected chi connectivity index (χ3v) is 5.38. The number of benzene rings is 2. The molecule has 3 aromatic rings. The number of ether oxygens (including phenoxy) is 1. The summed E-state index contributed by atoms with van der Waals surface area (Å²) in [6, 6.07) is 17.3. The van der Waals surface area contributed by atoms with E-state index >= 15 is 0 Å². The zero-order valence-corrected chi connectivity index (χ0v) is 16.8. The molecule has 4 rings (SSSR count). The number of tetrazole rings is 1. The van der Waals surface area contributed by atoms with Gasteiger partial charge in [0, 0.05) is 31.2 Å². The number of aromatic amines is 1. The highest BCUT2D eigenvalue weighted by atomic mass is 16.5. The summed E-state index contributed by atoms with van der Waals surface area (Å²) in [6.07, 6.45) is 2.29. The topological polar surface area (TPSA) is 92.2 Å². The zero-order valence-electron chi connectivity index (χ0n) is 16.8. The lowest BCUT2D eigenvalue weighted by atomic mass is 9.92. The number of nitrogens with one attached hydrogen (secondary N) is 3. The molecule has 1 aliphatic rings. The van der Waals surface area contributed by atoms with Crippen molar-refractivity contribution in [2.24, 2.45) is 4.99 Å². The number of hydrogen-bond donors (Lipinski definition) is 3. The molecular weight excluding hydrogens is 366 g/mol. The number of nitrogens with zero attached hydrogens (tertiary/aromatic N) is 4. The van der Waals surface area contributed by atoms with Gasteiger partial charge < -0.3 is 15.4 Å². The summed E-state index contributed by atoms with van der Waals surface area (Å²) in [5, 5.41) is 18.1. The smallest absolute Gasteiger partial charge is 0.243 e. The monoisotopic (exact) mass is 393 g/mol. The van der Waals surface area contributed by atoms with E-state index in [-0.39, 0.29) is 0 Å². The predicted octanol–water partition coefficient (Wildman–Crippen LogP) is 1.72. The van der Waals surface area contributed by atoms with Crippen LogP contribution in [0.5, 0.6) is 5.75 Å². The van der Waals surface area contributed by atoms with Crippen LogP contribution >= 0.6 is 0 Å². The largest absolute Gasteiger partial charge is 0.496 e. The Balaban J connectivity index is 1.56. The Kier molecular flexibility index (Phi) is 6.02. The van der Waals surface area contributed by atoms with Crippen LogP contribution in [0, 0.1) is 0 Å². The third-order valence-electron chi connectivity index (χ3n) is 5.38. The van der Waals surface area contributed by atoms with Crippen molar-refractivity contribution in [1.29, 1.82) is 0 Å². The maximum Gasteiger partial charge on any atom is 0.243 e. The Bertz CT molecular complexity index is 996. The molecule has 1 fully saturated rings. The first-order valence-corrected chi connectivity index (χ1v) is 9.92. The van der Waals surface area contributed by atoms with E-state index in [2.05, 4.69) is 67.5 Å². The maximum atomic E-state index is 5.59. The molecule has 2 aromatic carbocycles. The van der Waals surface area contributed by atoms with Crippen molar-refractivity contribution in [1.82, 2.24) is 30.8 Å².